The van der Waals surface area contributed by atoms with Gasteiger partial charge in [-0.25, -0.2) is 0 Å². The Balaban J connectivity index is 2.45. The minimum atomic E-state index is -0.00692. The summed E-state index contributed by atoms with van der Waals surface area (Å²) in [6.45, 7) is 2.06. The number of nitrogens with zero attached hydrogens (tertiary/aromatic N) is 1. The molecular weight excluding hydrogens is 136 g/mol. The lowest BCUT2D eigenvalue weighted by Gasteiger charge is -2.10. The number of aryl methyl sites for hydroxylation is 1. The lowest BCUT2D eigenvalue weighted by Crippen LogP contribution is -2.19. The minimum Gasteiger partial charge on any atom is -0.321 e. The van der Waals surface area contributed by atoms with Crippen molar-refractivity contribution in [3.63, 3.8) is 0 Å². The normalized spacial score (nSPS) is 19.8. The van der Waals surface area contributed by atoms with E-state index in [1.807, 2.05) is 18.5 Å². The zero-order chi connectivity index (χ0) is 7.90. The monoisotopic (exact) mass is 148 g/mol. The molecule has 1 aliphatic rings. The first-order chi connectivity index (χ1) is 5.22. The molecule has 0 saturated heterocycles. The number of hydrogen-bond acceptors (Lipinski definition) is 2. The van der Waals surface area contributed by atoms with Gasteiger partial charge in [-0.15, -0.1) is 0 Å². The molecule has 1 saturated carbocycles. The van der Waals surface area contributed by atoms with Crippen molar-refractivity contribution in [2.24, 2.45) is 5.73 Å². The van der Waals surface area contributed by atoms with Crippen molar-refractivity contribution < 1.29 is 0 Å². The van der Waals surface area contributed by atoms with E-state index in [0.717, 1.165) is 12.8 Å². The van der Waals surface area contributed by atoms with E-state index in [9.17, 15) is 0 Å². The Morgan fingerprint density at radius 1 is 1.55 bits per heavy atom. The smallest absolute Gasteiger partial charge is 0.0415 e. The summed E-state index contributed by atoms with van der Waals surface area (Å²) in [6, 6.07) is 2.03. The first-order valence-electron chi connectivity index (χ1n) is 3.92. The lowest BCUT2D eigenvalue weighted by molar-refractivity contribution is 0.731. The summed E-state index contributed by atoms with van der Waals surface area (Å²) in [5.74, 6) is 0. The van der Waals surface area contributed by atoms with Crippen LogP contribution in [0.15, 0.2) is 18.5 Å². The summed E-state index contributed by atoms with van der Waals surface area (Å²) in [7, 11) is 0. The second-order valence-electron chi connectivity index (χ2n) is 3.35. The van der Waals surface area contributed by atoms with Crippen molar-refractivity contribution in [3.05, 3.63) is 29.6 Å². The van der Waals surface area contributed by atoms with E-state index in [-0.39, 0.29) is 5.54 Å². The van der Waals surface area contributed by atoms with Gasteiger partial charge in [-0.05, 0) is 37.0 Å². The Labute approximate surface area is 66.4 Å². The number of rotatable bonds is 1. The van der Waals surface area contributed by atoms with E-state index in [1.54, 1.807) is 0 Å². The van der Waals surface area contributed by atoms with Gasteiger partial charge in [0.05, 0.1) is 0 Å². The largest absolute Gasteiger partial charge is 0.321 e. The van der Waals surface area contributed by atoms with Gasteiger partial charge < -0.3 is 5.73 Å². The van der Waals surface area contributed by atoms with Crippen LogP contribution >= 0.6 is 0 Å². The predicted molar refractivity (Wildman–Crippen MR) is 44.1 cm³/mol. The maximum absolute atomic E-state index is 6.04. The van der Waals surface area contributed by atoms with Crippen LogP contribution in [0.4, 0.5) is 0 Å². The quantitative estimate of drug-likeness (QED) is 0.652. The van der Waals surface area contributed by atoms with Gasteiger partial charge in [0.2, 0.25) is 0 Å². The topological polar surface area (TPSA) is 38.9 Å². The van der Waals surface area contributed by atoms with Gasteiger partial charge in [-0.1, -0.05) is 0 Å². The van der Waals surface area contributed by atoms with Crippen molar-refractivity contribution in [1.82, 2.24) is 4.98 Å². The maximum atomic E-state index is 6.04. The third-order valence-corrected chi connectivity index (χ3v) is 2.35. The van der Waals surface area contributed by atoms with Crippen molar-refractivity contribution in [2.75, 3.05) is 0 Å². The average Bonchev–Trinajstić information content (AvgIpc) is 2.70. The first kappa shape index (κ1) is 6.80. The summed E-state index contributed by atoms with van der Waals surface area (Å²) < 4.78 is 0. The molecule has 2 rings (SSSR count). The Bertz CT molecular complexity index is 277. The second-order valence-corrected chi connectivity index (χ2v) is 3.35. The van der Waals surface area contributed by atoms with Crippen molar-refractivity contribution >= 4 is 0 Å². The van der Waals surface area contributed by atoms with Gasteiger partial charge >= 0.3 is 0 Å². The molecule has 0 spiro atoms. The highest BCUT2D eigenvalue weighted by atomic mass is 14.8. The Morgan fingerprint density at radius 2 is 2.27 bits per heavy atom. The van der Waals surface area contributed by atoms with Crippen LogP contribution in [0.1, 0.15) is 24.0 Å². The third kappa shape index (κ3) is 1.03. The van der Waals surface area contributed by atoms with Crippen LogP contribution in [-0.4, -0.2) is 4.98 Å². The number of nitrogens with two attached hydrogens (primary N) is 1. The van der Waals surface area contributed by atoms with Gasteiger partial charge in [0.1, 0.15) is 0 Å². The predicted octanol–water partition coefficient (Wildman–Crippen LogP) is 1.34. The molecule has 1 aliphatic carbocycles. The van der Waals surface area contributed by atoms with E-state index in [4.69, 9.17) is 5.73 Å². The van der Waals surface area contributed by atoms with E-state index < -0.39 is 0 Å². The SMILES string of the molecule is Cc1cnccc1C1(N)CC1. The Kier molecular flexibility index (Phi) is 1.26. The van der Waals surface area contributed by atoms with Gasteiger partial charge in [0.15, 0.2) is 0 Å². The van der Waals surface area contributed by atoms with Crippen LogP contribution in [0.25, 0.3) is 0 Å². The van der Waals surface area contributed by atoms with Gasteiger partial charge in [-0.3, -0.25) is 4.98 Å². The molecular formula is C9H12N2. The highest BCUT2D eigenvalue weighted by Gasteiger charge is 2.40. The van der Waals surface area contributed by atoms with E-state index in [0.29, 0.717) is 0 Å². The van der Waals surface area contributed by atoms with E-state index >= 15 is 0 Å². The molecule has 0 aliphatic heterocycles. The zero-order valence-electron chi connectivity index (χ0n) is 6.67. The summed E-state index contributed by atoms with van der Waals surface area (Å²) in [4.78, 5) is 4.03. The minimum absolute atomic E-state index is 0.00692. The number of aromatic nitrogens is 1. The molecule has 2 heteroatoms. The Hall–Kier alpha value is -0.890. The summed E-state index contributed by atoms with van der Waals surface area (Å²) in [5.41, 5.74) is 8.52. The molecule has 58 valence electrons. The fourth-order valence-corrected chi connectivity index (χ4v) is 1.44. The molecule has 2 N–H and O–H groups in total. The van der Waals surface area contributed by atoms with Crippen molar-refractivity contribution in [3.8, 4) is 0 Å². The molecule has 0 amide bonds. The van der Waals surface area contributed by atoms with E-state index in [1.165, 1.54) is 11.1 Å². The van der Waals surface area contributed by atoms with E-state index in [2.05, 4.69) is 11.9 Å². The third-order valence-electron chi connectivity index (χ3n) is 2.35. The molecule has 0 bridgehead atoms. The molecule has 0 unspecified atom stereocenters. The summed E-state index contributed by atoms with van der Waals surface area (Å²) in [6.07, 6.45) is 5.94. The highest BCUT2D eigenvalue weighted by Crippen LogP contribution is 2.43. The molecule has 0 aromatic carbocycles. The number of hydrogen-bond donors (Lipinski definition) is 1. The van der Waals surface area contributed by atoms with Gasteiger partial charge in [-0.2, -0.15) is 0 Å². The molecule has 0 atom stereocenters. The second kappa shape index (κ2) is 2.05. The maximum Gasteiger partial charge on any atom is 0.0415 e. The molecule has 1 aromatic rings. The van der Waals surface area contributed by atoms with Gasteiger partial charge in [0.25, 0.3) is 0 Å². The average molecular weight is 148 g/mol. The molecule has 0 radical (unpaired) electrons. The zero-order valence-corrected chi connectivity index (χ0v) is 6.67. The molecule has 1 fully saturated rings. The van der Waals surface area contributed by atoms with Crippen LogP contribution in [-0.2, 0) is 5.54 Å². The van der Waals surface area contributed by atoms with Crippen molar-refractivity contribution in [1.29, 1.82) is 0 Å². The summed E-state index contributed by atoms with van der Waals surface area (Å²) in [5, 5.41) is 0. The lowest BCUT2D eigenvalue weighted by atomic mass is 10.0. The summed E-state index contributed by atoms with van der Waals surface area (Å²) >= 11 is 0. The standard InChI is InChI=1S/C9H12N2/c1-7-6-11-5-2-8(7)9(10)3-4-9/h2,5-6H,3-4,10H2,1H3. The van der Waals surface area contributed by atoms with Crippen LogP contribution in [0.3, 0.4) is 0 Å². The molecule has 1 heterocycles. The fraction of sp³-hybridized carbons (Fsp3) is 0.444. The Morgan fingerprint density at radius 3 is 2.82 bits per heavy atom. The number of pyridine rings is 1. The van der Waals surface area contributed by atoms with Crippen molar-refractivity contribution in [2.45, 2.75) is 25.3 Å². The van der Waals surface area contributed by atoms with Crippen LogP contribution < -0.4 is 5.73 Å². The molecule has 2 nitrogen and oxygen atoms in total. The molecule has 1 aromatic heterocycles. The van der Waals surface area contributed by atoms with Crippen LogP contribution in [0.5, 0.6) is 0 Å². The van der Waals surface area contributed by atoms with Crippen LogP contribution in [0.2, 0.25) is 0 Å². The molecule has 11 heavy (non-hydrogen) atoms. The first-order valence-corrected chi connectivity index (χ1v) is 3.92. The highest BCUT2D eigenvalue weighted by molar-refractivity contribution is 5.33. The fourth-order valence-electron chi connectivity index (χ4n) is 1.44. The van der Waals surface area contributed by atoms with Crippen LogP contribution in [0, 0.1) is 6.92 Å². The van der Waals surface area contributed by atoms with Gasteiger partial charge in [0, 0.05) is 17.9 Å².